The number of hydrogen-bond acceptors (Lipinski definition) is 3. The Hall–Kier alpha value is -1.85. The molecule has 1 N–H and O–H groups in total. The lowest BCUT2D eigenvalue weighted by molar-refractivity contribution is 0.0950. The first-order valence-corrected chi connectivity index (χ1v) is 8.46. The molecule has 0 aliphatic rings. The molecule has 110 valence electrons. The number of benzene rings is 2. The predicted octanol–water partition coefficient (Wildman–Crippen LogP) is 2.67. The number of nitrogens with one attached hydrogen (secondary N) is 1. The van der Waals surface area contributed by atoms with Crippen LogP contribution >= 0.6 is 11.6 Å². The molecule has 0 heterocycles. The average molecular weight is 324 g/mol. The summed E-state index contributed by atoms with van der Waals surface area (Å²) >= 11 is 5.87. The van der Waals surface area contributed by atoms with E-state index in [0.717, 1.165) is 11.8 Å². The van der Waals surface area contributed by atoms with Gasteiger partial charge in [0.05, 0.1) is 4.90 Å². The molecule has 2 aromatic carbocycles. The van der Waals surface area contributed by atoms with Gasteiger partial charge >= 0.3 is 0 Å². The molecule has 0 atom stereocenters. The van der Waals surface area contributed by atoms with Crippen LogP contribution in [0.15, 0.2) is 53.4 Å². The van der Waals surface area contributed by atoms with E-state index in [1.165, 1.54) is 12.1 Å². The quantitative estimate of drug-likeness (QED) is 0.941. The fraction of sp³-hybridized carbons (Fsp3) is 0.133. The maximum atomic E-state index is 12.0. The van der Waals surface area contributed by atoms with Gasteiger partial charge in [-0.2, -0.15) is 0 Å². The fourth-order valence-electron chi connectivity index (χ4n) is 1.80. The normalized spacial score (nSPS) is 11.1. The van der Waals surface area contributed by atoms with Gasteiger partial charge in [-0.15, -0.1) is 0 Å². The first-order valence-electron chi connectivity index (χ1n) is 6.19. The Kier molecular flexibility index (Phi) is 4.65. The van der Waals surface area contributed by atoms with Crippen molar-refractivity contribution >= 4 is 27.3 Å². The third-order valence-corrected chi connectivity index (χ3v) is 4.21. The zero-order valence-corrected chi connectivity index (χ0v) is 12.9. The van der Waals surface area contributed by atoms with Gasteiger partial charge in [0.2, 0.25) is 0 Å². The van der Waals surface area contributed by atoms with E-state index in [-0.39, 0.29) is 10.8 Å². The molecule has 0 bridgehead atoms. The van der Waals surface area contributed by atoms with Gasteiger partial charge in [-0.3, -0.25) is 4.79 Å². The summed E-state index contributed by atoms with van der Waals surface area (Å²) in [5.74, 6) is -0.333. The van der Waals surface area contributed by atoms with E-state index in [0.29, 0.717) is 17.1 Å². The number of rotatable bonds is 4. The molecule has 0 saturated carbocycles. The number of carbonyl (C=O) groups excluding carboxylic acids is 1. The van der Waals surface area contributed by atoms with Crippen LogP contribution in [0, 0.1) is 0 Å². The zero-order valence-electron chi connectivity index (χ0n) is 11.3. The molecule has 0 aliphatic heterocycles. The Morgan fingerprint density at radius 2 is 1.86 bits per heavy atom. The van der Waals surface area contributed by atoms with Crippen molar-refractivity contribution in [2.45, 2.75) is 11.4 Å². The molecule has 2 rings (SSSR count). The Morgan fingerprint density at radius 1 is 1.14 bits per heavy atom. The summed E-state index contributed by atoms with van der Waals surface area (Å²) in [5, 5.41) is 3.33. The maximum absolute atomic E-state index is 12.0. The van der Waals surface area contributed by atoms with Crippen LogP contribution in [-0.4, -0.2) is 20.6 Å². The van der Waals surface area contributed by atoms with E-state index >= 15 is 0 Å². The van der Waals surface area contributed by atoms with Crippen molar-refractivity contribution in [1.29, 1.82) is 0 Å². The van der Waals surface area contributed by atoms with Crippen molar-refractivity contribution in [1.82, 2.24) is 5.32 Å². The molecule has 21 heavy (non-hydrogen) atoms. The number of sulfone groups is 1. The van der Waals surface area contributed by atoms with Gasteiger partial charge in [0.25, 0.3) is 5.91 Å². The van der Waals surface area contributed by atoms with Crippen LogP contribution in [0.5, 0.6) is 0 Å². The van der Waals surface area contributed by atoms with Crippen LogP contribution in [0.4, 0.5) is 0 Å². The lowest BCUT2D eigenvalue weighted by atomic mass is 10.2. The fourth-order valence-corrected chi connectivity index (χ4v) is 2.68. The van der Waals surface area contributed by atoms with E-state index < -0.39 is 9.84 Å². The highest BCUT2D eigenvalue weighted by Crippen LogP contribution is 2.13. The van der Waals surface area contributed by atoms with Crippen LogP contribution in [-0.2, 0) is 16.4 Å². The smallest absolute Gasteiger partial charge is 0.251 e. The molecule has 0 fully saturated rings. The molecule has 6 heteroatoms. The molecule has 2 aromatic rings. The van der Waals surface area contributed by atoms with Crippen LogP contribution in [0.25, 0.3) is 0 Å². The molecule has 4 nitrogen and oxygen atoms in total. The van der Waals surface area contributed by atoms with Gasteiger partial charge in [0.15, 0.2) is 9.84 Å². The summed E-state index contributed by atoms with van der Waals surface area (Å²) < 4.78 is 23.0. The zero-order chi connectivity index (χ0) is 15.5. The summed E-state index contributed by atoms with van der Waals surface area (Å²) in [5.41, 5.74) is 1.18. The Balaban J connectivity index is 2.11. The summed E-state index contributed by atoms with van der Waals surface area (Å²) in [6.45, 7) is 0.322. The van der Waals surface area contributed by atoms with Crippen LogP contribution in [0.3, 0.4) is 0 Å². The van der Waals surface area contributed by atoms with Crippen molar-refractivity contribution in [3.05, 3.63) is 64.7 Å². The van der Waals surface area contributed by atoms with Gasteiger partial charge in [-0.25, -0.2) is 8.42 Å². The number of carbonyl (C=O) groups is 1. The van der Waals surface area contributed by atoms with E-state index in [1.54, 1.807) is 30.3 Å². The van der Waals surface area contributed by atoms with Crippen molar-refractivity contribution in [2.75, 3.05) is 6.26 Å². The van der Waals surface area contributed by atoms with Crippen molar-refractivity contribution in [3.63, 3.8) is 0 Å². The largest absolute Gasteiger partial charge is 0.348 e. The number of halogens is 1. The summed E-state index contributed by atoms with van der Waals surface area (Å²) in [7, 11) is -3.33. The average Bonchev–Trinajstić information content (AvgIpc) is 2.44. The monoisotopic (exact) mass is 323 g/mol. The lowest BCUT2D eigenvalue weighted by Gasteiger charge is -2.07. The minimum Gasteiger partial charge on any atom is -0.348 e. The predicted molar refractivity (Wildman–Crippen MR) is 82.2 cm³/mol. The summed E-state index contributed by atoms with van der Waals surface area (Å²) in [6, 6.07) is 13.1. The molecule has 0 saturated heterocycles. The minimum atomic E-state index is -3.33. The first kappa shape index (κ1) is 15.5. The molecular formula is C15H14ClNO3S. The molecule has 0 aromatic heterocycles. The number of hydrogen-bond donors (Lipinski definition) is 1. The van der Waals surface area contributed by atoms with Crippen molar-refractivity contribution in [3.8, 4) is 0 Å². The van der Waals surface area contributed by atoms with Crippen LogP contribution in [0.1, 0.15) is 15.9 Å². The van der Waals surface area contributed by atoms with E-state index in [4.69, 9.17) is 11.6 Å². The molecule has 0 aliphatic carbocycles. The second-order valence-electron chi connectivity index (χ2n) is 4.61. The van der Waals surface area contributed by atoms with E-state index in [9.17, 15) is 13.2 Å². The van der Waals surface area contributed by atoms with Gasteiger partial charge < -0.3 is 5.32 Å². The SMILES string of the molecule is CS(=O)(=O)c1cccc(C(=O)NCc2cccc(Cl)c2)c1. The second-order valence-corrected chi connectivity index (χ2v) is 7.06. The number of amides is 1. The van der Waals surface area contributed by atoms with Gasteiger partial charge in [0, 0.05) is 23.4 Å². The van der Waals surface area contributed by atoms with Gasteiger partial charge in [-0.1, -0.05) is 29.8 Å². The molecule has 0 unspecified atom stereocenters. The highest BCUT2D eigenvalue weighted by Gasteiger charge is 2.11. The molecule has 1 amide bonds. The van der Waals surface area contributed by atoms with Crippen molar-refractivity contribution < 1.29 is 13.2 Å². The summed E-state index contributed by atoms with van der Waals surface area (Å²) in [6.07, 6.45) is 1.11. The highest BCUT2D eigenvalue weighted by molar-refractivity contribution is 7.90. The Bertz CT molecular complexity index is 772. The molecular weight excluding hydrogens is 310 g/mol. The highest BCUT2D eigenvalue weighted by atomic mass is 35.5. The van der Waals surface area contributed by atoms with Gasteiger partial charge in [0.1, 0.15) is 0 Å². The third-order valence-electron chi connectivity index (χ3n) is 2.87. The minimum absolute atomic E-state index is 0.123. The second kappa shape index (κ2) is 6.28. The van der Waals surface area contributed by atoms with E-state index in [2.05, 4.69) is 5.32 Å². The van der Waals surface area contributed by atoms with Crippen LogP contribution < -0.4 is 5.32 Å². The molecule has 0 spiro atoms. The van der Waals surface area contributed by atoms with Gasteiger partial charge in [-0.05, 0) is 35.9 Å². The van der Waals surface area contributed by atoms with Crippen LogP contribution in [0.2, 0.25) is 5.02 Å². The third kappa shape index (κ3) is 4.31. The first-order chi connectivity index (χ1) is 9.86. The molecule has 0 radical (unpaired) electrons. The topological polar surface area (TPSA) is 63.2 Å². The maximum Gasteiger partial charge on any atom is 0.251 e. The Labute approximate surface area is 128 Å². The summed E-state index contributed by atoms with van der Waals surface area (Å²) in [4.78, 5) is 12.2. The van der Waals surface area contributed by atoms with E-state index in [1.807, 2.05) is 6.07 Å². The lowest BCUT2D eigenvalue weighted by Crippen LogP contribution is -2.23. The Morgan fingerprint density at radius 3 is 2.52 bits per heavy atom. The van der Waals surface area contributed by atoms with Crippen molar-refractivity contribution in [2.24, 2.45) is 0 Å². The standard InChI is InChI=1S/C15H14ClNO3S/c1-21(19,20)14-7-3-5-12(9-14)15(18)17-10-11-4-2-6-13(16)8-11/h2-9H,10H2,1H3,(H,17,18).